The van der Waals surface area contributed by atoms with E-state index in [1.54, 1.807) is 45.0 Å². The summed E-state index contributed by atoms with van der Waals surface area (Å²) in [6.07, 6.45) is 1.77. The number of hydrogen-bond donors (Lipinski definition) is 2. The van der Waals surface area contributed by atoms with Gasteiger partial charge < -0.3 is 10.1 Å². The van der Waals surface area contributed by atoms with Crippen LogP contribution in [0.2, 0.25) is 0 Å². The number of thiol groups is 1. The first kappa shape index (κ1) is 26.6. The summed E-state index contributed by atoms with van der Waals surface area (Å²) < 4.78 is 42.6. The zero-order chi connectivity index (χ0) is 26.9. The highest BCUT2D eigenvalue weighted by Crippen LogP contribution is 2.43. The summed E-state index contributed by atoms with van der Waals surface area (Å²) in [4.78, 5) is 27.7. The molecule has 2 fully saturated rings. The highest BCUT2D eigenvalue weighted by atomic mass is 32.2. The molecule has 1 saturated carbocycles. The predicted molar refractivity (Wildman–Crippen MR) is 135 cm³/mol. The topological polar surface area (TPSA) is 117 Å². The molecule has 4 atom stereocenters. The molecule has 0 spiro atoms. The number of hydrogen-bond acceptors (Lipinski definition) is 6. The van der Waals surface area contributed by atoms with E-state index in [9.17, 15) is 27.7 Å². The van der Waals surface area contributed by atoms with Crippen LogP contribution in [-0.2, 0) is 26.7 Å². The lowest BCUT2D eigenvalue weighted by Crippen LogP contribution is -2.55. The second-order valence-electron chi connectivity index (χ2n) is 10.6. The van der Waals surface area contributed by atoms with Crippen molar-refractivity contribution in [2.45, 2.75) is 75.1 Å². The molecule has 1 heterocycles. The Hall–Kier alpha value is -3.45. The smallest absolute Gasteiger partial charge is 0.411 e. The minimum absolute atomic E-state index is 0.000906. The lowest BCUT2D eigenvalue weighted by atomic mass is 9.97. The molecule has 1 unspecified atom stereocenters. The fourth-order valence-electron chi connectivity index (χ4n) is 5.18. The minimum atomic E-state index is -2.69. The number of piperidine rings is 1. The van der Waals surface area contributed by atoms with E-state index in [2.05, 4.69) is 5.32 Å². The third-order valence-corrected chi connectivity index (χ3v) is 7.54. The van der Waals surface area contributed by atoms with Crippen LogP contribution in [0.15, 0.2) is 47.4 Å². The number of carbonyl (C=O) groups is 2. The molecular formula is C27H30FN3O5S. The van der Waals surface area contributed by atoms with E-state index in [1.165, 1.54) is 23.1 Å². The van der Waals surface area contributed by atoms with Crippen LogP contribution >= 0.6 is 0 Å². The van der Waals surface area contributed by atoms with Gasteiger partial charge in [0.05, 0.1) is 11.0 Å². The number of benzene rings is 2. The van der Waals surface area contributed by atoms with Gasteiger partial charge >= 0.3 is 6.09 Å². The van der Waals surface area contributed by atoms with E-state index in [-0.39, 0.29) is 28.8 Å². The van der Waals surface area contributed by atoms with Crippen molar-refractivity contribution in [3.8, 4) is 17.2 Å². The predicted octanol–water partition coefficient (Wildman–Crippen LogP) is 3.80. The highest BCUT2D eigenvalue weighted by Gasteiger charge is 2.52. The SMILES string of the molecule is CC(C)(C)OC(=O)N1[C@@H]2CC[C@@H](C2)[C@H]1C(=O)NC(C#N)Cc1ccc(-c2ccc([SH](=O)=O)cc2)cc1F. The molecule has 1 N–H and O–H groups in total. The first-order chi connectivity index (χ1) is 17.5. The standard InChI is InChI=1S/C27H30FN3O5S/c1-27(2,3)36-26(33)31-21-9-6-19(13-21)24(31)25(32)30-20(15-29)12-18-5-4-17(14-23(18)28)16-7-10-22(11-8-16)37(34)35/h4-5,7-8,10-11,14,19-21,24,37H,6,9,12-13H2,1-3H3,(H,30,32)/t19-,20?,21+,24-/m0/s1. The molecular weight excluding hydrogens is 497 g/mol. The molecule has 0 radical (unpaired) electrons. The average molecular weight is 528 g/mol. The van der Waals surface area contributed by atoms with Gasteiger partial charge in [0.25, 0.3) is 0 Å². The van der Waals surface area contributed by atoms with Gasteiger partial charge in [0.15, 0.2) is 10.7 Å². The third-order valence-electron chi connectivity index (χ3n) is 6.82. The van der Waals surface area contributed by atoms with E-state index >= 15 is 0 Å². The van der Waals surface area contributed by atoms with Crippen LogP contribution in [0, 0.1) is 23.1 Å². The fourth-order valence-corrected chi connectivity index (χ4v) is 5.57. The maximum Gasteiger partial charge on any atom is 0.411 e. The fraction of sp³-hybridized carbons (Fsp3) is 0.444. The van der Waals surface area contributed by atoms with Gasteiger partial charge in [-0.1, -0.05) is 24.3 Å². The molecule has 196 valence electrons. The summed E-state index contributed by atoms with van der Waals surface area (Å²) in [6, 6.07) is 10.9. The van der Waals surface area contributed by atoms with Crippen LogP contribution < -0.4 is 5.32 Å². The van der Waals surface area contributed by atoms with Gasteiger partial charge in [-0.2, -0.15) is 5.26 Å². The van der Waals surface area contributed by atoms with Crippen LogP contribution in [0.25, 0.3) is 11.1 Å². The molecule has 0 aromatic heterocycles. The van der Waals surface area contributed by atoms with Crippen molar-refractivity contribution in [2.24, 2.45) is 5.92 Å². The van der Waals surface area contributed by atoms with Crippen LogP contribution in [-0.4, -0.2) is 49.0 Å². The van der Waals surface area contributed by atoms with E-state index in [0.717, 1.165) is 19.3 Å². The first-order valence-corrected chi connectivity index (χ1v) is 13.4. The highest BCUT2D eigenvalue weighted by molar-refractivity contribution is 7.72. The second-order valence-corrected chi connectivity index (χ2v) is 11.6. The number of carbonyl (C=O) groups excluding carboxylic acids is 2. The molecule has 37 heavy (non-hydrogen) atoms. The van der Waals surface area contributed by atoms with Crippen molar-refractivity contribution in [1.29, 1.82) is 5.26 Å². The summed E-state index contributed by atoms with van der Waals surface area (Å²) in [5, 5.41) is 12.4. The summed E-state index contributed by atoms with van der Waals surface area (Å²) in [7, 11) is -2.69. The summed E-state index contributed by atoms with van der Waals surface area (Å²) in [5.41, 5.74) is 0.763. The molecule has 4 rings (SSSR count). The van der Waals surface area contributed by atoms with E-state index < -0.39 is 46.2 Å². The van der Waals surface area contributed by atoms with Gasteiger partial charge in [-0.25, -0.2) is 17.6 Å². The Morgan fingerprint density at radius 2 is 1.84 bits per heavy atom. The molecule has 1 aliphatic heterocycles. The lowest BCUT2D eigenvalue weighted by Gasteiger charge is -2.35. The number of rotatable bonds is 6. The van der Waals surface area contributed by atoms with Crippen molar-refractivity contribution < 1.29 is 27.1 Å². The number of nitriles is 1. The van der Waals surface area contributed by atoms with Crippen molar-refractivity contribution >= 4 is 22.7 Å². The van der Waals surface area contributed by atoms with Crippen LogP contribution in [0.1, 0.15) is 45.6 Å². The maximum atomic E-state index is 14.9. The average Bonchev–Trinajstić information content (AvgIpc) is 3.45. The summed E-state index contributed by atoms with van der Waals surface area (Å²) in [5.74, 6) is -0.973. The molecule has 2 aromatic carbocycles. The Labute approximate surface area is 217 Å². The maximum absolute atomic E-state index is 14.9. The number of nitrogens with one attached hydrogen (secondary N) is 1. The van der Waals surface area contributed by atoms with Gasteiger partial charge in [-0.05, 0) is 80.8 Å². The van der Waals surface area contributed by atoms with Crippen molar-refractivity contribution in [1.82, 2.24) is 10.2 Å². The van der Waals surface area contributed by atoms with Gasteiger partial charge in [0, 0.05) is 12.5 Å². The van der Waals surface area contributed by atoms with Gasteiger partial charge in [0.1, 0.15) is 23.5 Å². The third kappa shape index (κ3) is 5.93. The van der Waals surface area contributed by atoms with Crippen LogP contribution in [0.3, 0.4) is 0 Å². The molecule has 2 bridgehead atoms. The Morgan fingerprint density at radius 1 is 1.16 bits per heavy atom. The van der Waals surface area contributed by atoms with Gasteiger partial charge in [-0.15, -0.1) is 0 Å². The monoisotopic (exact) mass is 527 g/mol. The van der Waals surface area contributed by atoms with E-state index in [4.69, 9.17) is 4.74 Å². The molecule has 8 nitrogen and oxygen atoms in total. The lowest BCUT2D eigenvalue weighted by molar-refractivity contribution is -0.128. The van der Waals surface area contributed by atoms with Crippen molar-refractivity contribution in [3.05, 3.63) is 53.8 Å². The van der Waals surface area contributed by atoms with E-state index in [0.29, 0.717) is 11.1 Å². The quantitative estimate of drug-likeness (QED) is 0.552. The Morgan fingerprint density at radius 3 is 2.43 bits per heavy atom. The molecule has 1 aliphatic carbocycles. The largest absolute Gasteiger partial charge is 0.444 e. The number of amides is 2. The number of nitrogens with zero attached hydrogens (tertiary/aromatic N) is 2. The summed E-state index contributed by atoms with van der Waals surface area (Å²) >= 11 is 0. The van der Waals surface area contributed by atoms with Crippen LogP contribution in [0.5, 0.6) is 0 Å². The van der Waals surface area contributed by atoms with Gasteiger partial charge in [0.2, 0.25) is 5.91 Å². The van der Waals surface area contributed by atoms with E-state index in [1.807, 2.05) is 6.07 Å². The Kier molecular flexibility index (Phi) is 7.55. The number of halogens is 1. The number of ether oxygens (including phenoxy) is 1. The van der Waals surface area contributed by atoms with Crippen molar-refractivity contribution in [2.75, 3.05) is 0 Å². The molecule has 10 heteroatoms. The normalized spacial score (nSPS) is 21.5. The Bertz CT molecular complexity index is 1300. The molecule has 2 amide bonds. The summed E-state index contributed by atoms with van der Waals surface area (Å²) in [6.45, 7) is 5.30. The van der Waals surface area contributed by atoms with Crippen molar-refractivity contribution in [3.63, 3.8) is 0 Å². The minimum Gasteiger partial charge on any atom is -0.444 e. The Balaban J connectivity index is 1.45. The zero-order valence-corrected chi connectivity index (χ0v) is 21.8. The second kappa shape index (κ2) is 10.5. The molecule has 2 aromatic rings. The zero-order valence-electron chi connectivity index (χ0n) is 20.9. The molecule has 1 saturated heterocycles. The number of fused-ring (bicyclic) bond motifs is 2. The first-order valence-electron chi connectivity index (χ1n) is 12.2. The van der Waals surface area contributed by atoms with Gasteiger partial charge in [-0.3, -0.25) is 9.69 Å². The van der Waals surface area contributed by atoms with Crippen LogP contribution in [0.4, 0.5) is 9.18 Å². The molecule has 2 aliphatic rings. The number of likely N-dealkylation sites (tertiary alicyclic amines) is 1.